The Labute approximate surface area is 378 Å². The number of para-hydroxylation sites is 1. The second-order valence-electron chi connectivity index (χ2n) is 9.69. The molecule has 0 saturated carbocycles. The number of allylic oxidation sites excluding steroid dienone is 1. The van der Waals surface area contributed by atoms with Gasteiger partial charge in [-0.1, -0.05) is 12.1 Å². The summed E-state index contributed by atoms with van der Waals surface area (Å²) >= 11 is 6.09. The third-order valence-electron chi connectivity index (χ3n) is 6.54. The largest absolute Gasteiger partial charge is 1.00 e. The van der Waals surface area contributed by atoms with Gasteiger partial charge >= 0.3 is 88.7 Å². The number of rotatable bonds is 9. The normalized spacial score (nSPS) is 13.2. The van der Waals surface area contributed by atoms with Gasteiger partial charge in [0.25, 0.3) is 30.4 Å². The number of carbonyl (C=O) groups excluding carboxylic acids is 1. The number of ketones is 1. The summed E-state index contributed by atoms with van der Waals surface area (Å²) in [6.07, 6.45) is 0.942. The summed E-state index contributed by atoms with van der Waals surface area (Å²) in [7, 11) is -12.9. The fraction of sp³-hybridized carbons (Fsp3) is 0.0385. The number of halogens is 1. The van der Waals surface area contributed by atoms with Crippen LogP contribution in [0.1, 0.15) is 15.9 Å². The molecule has 0 amide bonds. The van der Waals surface area contributed by atoms with E-state index in [1.807, 2.05) is 0 Å². The summed E-state index contributed by atoms with van der Waals surface area (Å²) in [5, 5.41) is 16.1. The second kappa shape index (κ2) is 18.9. The standard InChI is InChI=1S/C26H20ClN7O11S3.Cu.3Na/c1-34(26-30-24(27)29-25(31-26)28-17-4-2-3-5-20(17)47(40,41)42)14-6-8-16-13(10-14)11-21(48(43,44)45)22(23(16)36)33-32-18-12-15(46(37,38)39)7-9-19(18)35;;;;/h2-12,32,35H,1H3,(H,37,38,39)(H,40,41,42)(H,43,44,45)(H,28,29,30,31);;;;/q;;3*+1/b33-22+;;;;. The first-order valence-electron chi connectivity index (χ1n) is 12.8. The van der Waals surface area contributed by atoms with Crippen LogP contribution >= 0.6 is 11.6 Å². The Bertz CT molecular complexity index is 2430. The third-order valence-corrected chi connectivity index (χ3v) is 9.34. The molecule has 1 radical (unpaired) electrons. The first kappa shape index (κ1) is 48.5. The van der Waals surface area contributed by atoms with E-state index in [-0.39, 0.29) is 145 Å². The number of nitrogens with zero attached hydrogens (tertiary/aromatic N) is 5. The maximum absolute atomic E-state index is 13.4. The summed E-state index contributed by atoms with van der Waals surface area (Å²) in [4.78, 5) is 24.9. The van der Waals surface area contributed by atoms with Crippen molar-refractivity contribution in [3.8, 4) is 5.75 Å². The number of carbonyl (C=O) groups is 1. The second-order valence-corrected chi connectivity index (χ2v) is 14.2. The molecule has 18 nitrogen and oxygen atoms in total. The molecule has 0 atom stereocenters. The molecule has 1 aliphatic carbocycles. The molecule has 0 saturated heterocycles. The van der Waals surface area contributed by atoms with E-state index in [0.717, 1.165) is 30.3 Å². The van der Waals surface area contributed by atoms with E-state index >= 15 is 0 Å². The van der Waals surface area contributed by atoms with Crippen molar-refractivity contribution < 1.29 is 155 Å². The van der Waals surface area contributed by atoms with Gasteiger partial charge in [-0.3, -0.25) is 23.9 Å². The molecule has 1 heterocycles. The number of aromatic hydroxyl groups is 1. The molecule has 26 heteroatoms. The summed E-state index contributed by atoms with van der Waals surface area (Å²) in [6, 6.07) is 12.0. The van der Waals surface area contributed by atoms with Crippen molar-refractivity contribution in [2.24, 2.45) is 5.10 Å². The van der Waals surface area contributed by atoms with Crippen molar-refractivity contribution in [1.29, 1.82) is 0 Å². The van der Waals surface area contributed by atoms with Crippen LogP contribution in [-0.4, -0.2) is 77.5 Å². The molecule has 0 unspecified atom stereocenters. The Morgan fingerprint density at radius 2 is 1.46 bits per heavy atom. The van der Waals surface area contributed by atoms with Crippen molar-refractivity contribution in [3.05, 3.63) is 82.0 Å². The molecule has 0 aliphatic heterocycles. The first-order valence-corrected chi connectivity index (χ1v) is 17.5. The molecule has 3 aromatic carbocycles. The van der Waals surface area contributed by atoms with E-state index in [2.05, 4.69) is 30.8 Å². The van der Waals surface area contributed by atoms with Crippen LogP contribution in [0.15, 0.2) is 80.5 Å². The minimum Gasteiger partial charge on any atom is -0.506 e. The number of hydrogen-bond acceptors (Lipinski definition) is 15. The van der Waals surface area contributed by atoms with Crippen molar-refractivity contribution in [3.63, 3.8) is 0 Å². The monoisotopic (exact) mass is 869 g/mol. The summed E-state index contributed by atoms with van der Waals surface area (Å²) < 4.78 is 99.9. The summed E-state index contributed by atoms with van der Waals surface area (Å²) in [6.45, 7) is 0. The number of hydrogen-bond donors (Lipinski definition) is 6. The Balaban J connectivity index is 0.00000338. The molecule has 4 aromatic rings. The molecular weight excluding hydrogens is 850 g/mol. The van der Waals surface area contributed by atoms with Crippen LogP contribution in [-0.2, 0) is 47.4 Å². The molecule has 0 bridgehead atoms. The first-order chi connectivity index (χ1) is 22.3. The molecule has 1 aliphatic rings. The van der Waals surface area contributed by atoms with Gasteiger partial charge in [0.15, 0.2) is 5.71 Å². The zero-order chi connectivity index (χ0) is 35.2. The number of phenolic OH excluding ortho intramolecular Hbond substituents is 1. The van der Waals surface area contributed by atoms with Gasteiger partial charge in [0.1, 0.15) is 15.6 Å². The van der Waals surface area contributed by atoms with E-state index < -0.39 is 68.0 Å². The van der Waals surface area contributed by atoms with E-state index in [1.54, 1.807) is 0 Å². The number of Topliss-reactive ketones (excluding diaryl/α,β-unsaturated/α-hetero) is 1. The number of hydrazone groups is 1. The van der Waals surface area contributed by atoms with Gasteiger partial charge in [-0.25, -0.2) is 0 Å². The van der Waals surface area contributed by atoms with Gasteiger partial charge in [-0.15, -0.1) is 0 Å². The van der Waals surface area contributed by atoms with Gasteiger partial charge in [-0.05, 0) is 71.8 Å². The van der Waals surface area contributed by atoms with Gasteiger partial charge in [0, 0.05) is 35.4 Å². The minimum atomic E-state index is -5.10. The van der Waals surface area contributed by atoms with Crippen molar-refractivity contribution in [2.75, 3.05) is 22.7 Å². The molecule has 1 aromatic heterocycles. The van der Waals surface area contributed by atoms with Crippen LogP contribution in [0.3, 0.4) is 0 Å². The van der Waals surface area contributed by atoms with Gasteiger partial charge in [-0.2, -0.15) is 45.3 Å². The number of phenols is 1. The van der Waals surface area contributed by atoms with Crippen LogP contribution in [0.25, 0.3) is 6.08 Å². The average Bonchev–Trinajstić information content (AvgIpc) is 2.99. The van der Waals surface area contributed by atoms with Crippen molar-refractivity contribution in [2.45, 2.75) is 9.79 Å². The average molecular weight is 871 g/mol. The zero-order valence-electron chi connectivity index (χ0n) is 27.1. The number of nitrogens with one attached hydrogen (secondary N) is 2. The van der Waals surface area contributed by atoms with Crippen LogP contribution in [0.5, 0.6) is 5.75 Å². The van der Waals surface area contributed by atoms with E-state index in [9.17, 15) is 48.8 Å². The van der Waals surface area contributed by atoms with Crippen LogP contribution in [0, 0.1) is 0 Å². The number of benzene rings is 3. The number of fused-ring (bicyclic) bond motifs is 1. The minimum absolute atomic E-state index is 0. The Hall–Kier alpha value is -1.51. The SMILES string of the molecule is CN(c1ccc2c(c1)C=C(S(=O)(=O)O)/C(=N\Nc1cc(S(=O)(=O)O)ccc1O)C2=O)c1nc(Cl)nc(Nc2ccccc2S(=O)(=O)O)n1.[Cu].[Na+].[Na+].[Na+]. The van der Waals surface area contributed by atoms with Crippen LogP contribution in [0.2, 0.25) is 5.28 Å². The van der Waals surface area contributed by atoms with Gasteiger partial charge in [0.2, 0.25) is 23.0 Å². The van der Waals surface area contributed by atoms with Crippen LogP contribution < -0.4 is 104 Å². The Morgan fingerprint density at radius 1 is 0.808 bits per heavy atom. The number of aromatic nitrogens is 3. The predicted octanol–water partition coefficient (Wildman–Crippen LogP) is -5.86. The zero-order valence-corrected chi connectivity index (χ0v) is 37.3. The predicted molar refractivity (Wildman–Crippen MR) is 172 cm³/mol. The Kier molecular flexibility index (Phi) is 17.6. The number of anilines is 5. The van der Waals surface area contributed by atoms with Crippen molar-refractivity contribution >= 4 is 88.5 Å². The smallest absolute Gasteiger partial charge is 0.506 e. The Morgan fingerprint density at radius 3 is 2.08 bits per heavy atom. The van der Waals surface area contributed by atoms with Crippen LogP contribution in [0.4, 0.5) is 29.0 Å². The van der Waals surface area contributed by atoms with Gasteiger partial charge in [0.05, 0.1) is 16.3 Å². The fourth-order valence-corrected chi connectivity index (χ4v) is 6.26. The third kappa shape index (κ3) is 11.3. The molecule has 5 rings (SSSR count). The topological polar surface area (TPSA) is 279 Å². The molecule has 0 fully saturated rings. The molecule has 0 spiro atoms. The maximum Gasteiger partial charge on any atom is 1.00 e. The van der Waals surface area contributed by atoms with Gasteiger partial charge < -0.3 is 15.3 Å². The van der Waals surface area contributed by atoms with E-state index in [4.69, 9.17) is 11.6 Å². The quantitative estimate of drug-likeness (QED) is 0.0396. The van der Waals surface area contributed by atoms with Crippen molar-refractivity contribution in [1.82, 2.24) is 15.0 Å². The molecular formula is C26H20ClCuN7Na3O11S3+3. The fourth-order valence-electron chi connectivity index (χ4n) is 4.29. The molecule has 6 N–H and O–H groups in total. The summed E-state index contributed by atoms with van der Waals surface area (Å²) in [5.41, 5.74) is 1.07. The molecule has 261 valence electrons. The maximum atomic E-state index is 13.4. The van der Waals surface area contributed by atoms with E-state index in [0.29, 0.717) is 0 Å². The molecule has 52 heavy (non-hydrogen) atoms. The summed E-state index contributed by atoms with van der Waals surface area (Å²) in [5.74, 6) is -1.86. The van der Waals surface area contributed by atoms with E-state index in [1.165, 1.54) is 48.3 Å².